The van der Waals surface area contributed by atoms with Crippen molar-refractivity contribution in [3.8, 4) is 0 Å². The monoisotopic (exact) mass is 287 g/mol. The van der Waals surface area contributed by atoms with Crippen molar-refractivity contribution < 1.29 is 14.0 Å². The van der Waals surface area contributed by atoms with Crippen LogP contribution in [0, 0.1) is 5.82 Å². The molecule has 0 aliphatic rings. The van der Waals surface area contributed by atoms with Gasteiger partial charge in [0.05, 0.1) is 18.1 Å². The maximum atomic E-state index is 12.9. The summed E-state index contributed by atoms with van der Waals surface area (Å²) in [5.41, 5.74) is 0.407. The minimum atomic E-state index is -0.545. The van der Waals surface area contributed by atoms with Gasteiger partial charge in [-0.05, 0) is 25.2 Å². The molecule has 0 unspecified atom stereocenters. The van der Waals surface area contributed by atoms with Crippen LogP contribution >= 0.6 is 11.6 Å². The Morgan fingerprint density at radius 3 is 2.53 bits per heavy atom. The van der Waals surface area contributed by atoms with Crippen LogP contribution in [0.5, 0.6) is 0 Å². The van der Waals surface area contributed by atoms with Crippen LogP contribution in [0.2, 0.25) is 5.02 Å². The van der Waals surface area contributed by atoms with Crippen molar-refractivity contribution >= 4 is 29.1 Å². The number of hydrogen-bond acceptors (Lipinski definition) is 3. The fourth-order valence-corrected chi connectivity index (χ4v) is 1.58. The van der Waals surface area contributed by atoms with E-state index in [0.717, 1.165) is 0 Å². The molecule has 1 aromatic rings. The highest BCUT2D eigenvalue weighted by molar-refractivity contribution is 6.31. The quantitative estimate of drug-likeness (QED) is 0.852. The van der Waals surface area contributed by atoms with Crippen molar-refractivity contribution in [2.75, 3.05) is 32.5 Å². The third-order valence-corrected chi connectivity index (χ3v) is 2.60. The fraction of sp³-hybridized carbons (Fsp3) is 0.333. The van der Waals surface area contributed by atoms with Gasteiger partial charge in [-0.1, -0.05) is 11.6 Å². The molecule has 2 amide bonds. The first kappa shape index (κ1) is 15.4. The number of anilines is 1. The molecule has 1 aromatic carbocycles. The molecule has 0 spiro atoms. The van der Waals surface area contributed by atoms with Crippen molar-refractivity contribution in [1.82, 2.24) is 10.2 Å². The van der Waals surface area contributed by atoms with Crippen molar-refractivity contribution in [2.45, 2.75) is 0 Å². The lowest BCUT2D eigenvalue weighted by Gasteiger charge is -2.15. The zero-order chi connectivity index (χ0) is 14.4. The van der Waals surface area contributed by atoms with Gasteiger partial charge >= 0.3 is 0 Å². The topological polar surface area (TPSA) is 61.4 Å². The van der Waals surface area contributed by atoms with Gasteiger partial charge in [0.1, 0.15) is 5.82 Å². The van der Waals surface area contributed by atoms with E-state index in [0.29, 0.717) is 5.69 Å². The molecule has 5 nitrogen and oxygen atoms in total. The summed E-state index contributed by atoms with van der Waals surface area (Å²) in [4.78, 5) is 24.3. The summed E-state index contributed by atoms with van der Waals surface area (Å²) in [7, 11) is 3.17. The van der Waals surface area contributed by atoms with E-state index >= 15 is 0 Å². The third-order valence-electron chi connectivity index (χ3n) is 2.31. The SMILES string of the molecule is CNC(=O)CN(C)CC(=O)Nc1ccc(F)c(Cl)c1. The van der Waals surface area contributed by atoms with Gasteiger partial charge in [-0.2, -0.15) is 0 Å². The summed E-state index contributed by atoms with van der Waals surface area (Å²) in [6.07, 6.45) is 0. The highest BCUT2D eigenvalue weighted by atomic mass is 35.5. The smallest absolute Gasteiger partial charge is 0.238 e. The number of hydrogen-bond donors (Lipinski definition) is 2. The zero-order valence-electron chi connectivity index (χ0n) is 10.7. The molecular weight excluding hydrogens is 273 g/mol. The predicted molar refractivity (Wildman–Crippen MR) is 71.6 cm³/mol. The van der Waals surface area contributed by atoms with E-state index in [4.69, 9.17) is 11.6 Å². The second-order valence-electron chi connectivity index (χ2n) is 4.02. The van der Waals surface area contributed by atoms with Crippen LogP contribution in [0.1, 0.15) is 0 Å². The minimum absolute atomic E-state index is 0.0441. The van der Waals surface area contributed by atoms with Gasteiger partial charge in [0, 0.05) is 12.7 Å². The van der Waals surface area contributed by atoms with Crippen LogP contribution < -0.4 is 10.6 Å². The standard InChI is InChI=1S/C12H15ClFN3O2/c1-15-11(18)6-17(2)7-12(19)16-8-3-4-10(14)9(13)5-8/h3-5H,6-7H2,1-2H3,(H,15,18)(H,16,19). The highest BCUT2D eigenvalue weighted by Crippen LogP contribution is 2.19. The summed E-state index contributed by atoms with van der Waals surface area (Å²) in [6.45, 7) is 0.163. The Labute approximate surface area is 115 Å². The second kappa shape index (κ2) is 7.06. The minimum Gasteiger partial charge on any atom is -0.358 e. The van der Waals surface area contributed by atoms with E-state index in [-0.39, 0.29) is 29.9 Å². The molecule has 19 heavy (non-hydrogen) atoms. The third kappa shape index (κ3) is 5.23. The number of likely N-dealkylation sites (N-methyl/N-ethyl adjacent to an activating group) is 2. The molecule has 0 saturated carbocycles. The van der Waals surface area contributed by atoms with Gasteiger partial charge in [-0.3, -0.25) is 14.5 Å². The maximum absolute atomic E-state index is 12.9. The second-order valence-corrected chi connectivity index (χ2v) is 4.43. The average Bonchev–Trinajstić information content (AvgIpc) is 2.33. The lowest BCUT2D eigenvalue weighted by Crippen LogP contribution is -2.37. The lowest BCUT2D eigenvalue weighted by atomic mass is 10.3. The maximum Gasteiger partial charge on any atom is 0.238 e. The largest absolute Gasteiger partial charge is 0.358 e. The van der Waals surface area contributed by atoms with Crippen LogP contribution in [0.15, 0.2) is 18.2 Å². The van der Waals surface area contributed by atoms with E-state index < -0.39 is 5.82 Å². The number of rotatable bonds is 5. The molecule has 7 heteroatoms. The molecule has 0 radical (unpaired) electrons. The van der Waals surface area contributed by atoms with E-state index in [1.54, 1.807) is 11.9 Å². The molecule has 104 valence electrons. The number of halogens is 2. The van der Waals surface area contributed by atoms with Gasteiger partial charge in [-0.15, -0.1) is 0 Å². The first-order chi connectivity index (χ1) is 8.92. The van der Waals surface area contributed by atoms with Crippen LogP contribution in [0.25, 0.3) is 0 Å². The Morgan fingerprint density at radius 2 is 1.95 bits per heavy atom. The van der Waals surface area contributed by atoms with Crippen LogP contribution in [-0.4, -0.2) is 43.9 Å². The zero-order valence-corrected chi connectivity index (χ0v) is 11.4. The molecule has 0 aliphatic carbocycles. The molecule has 1 rings (SSSR count). The number of carbonyl (C=O) groups is 2. The van der Waals surface area contributed by atoms with Crippen molar-refractivity contribution in [2.24, 2.45) is 0 Å². The molecule has 2 N–H and O–H groups in total. The number of nitrogens with one attached hydrogen (secondary N) is 2. The summed E-state index contributed by atoms with van der Waals surface area (Å²) >= 11 is 5.60. The van der Waals surface area contributed by atoms with Gasteiger partial charge in [-0.25, -0.2) is 4.39 Å². The summed E-state index contributed by atoms with van der Waals surface area (Å²) in [5, 5.41) is 4.97. The Hall–Kier alpha value is -1.66. The van der Waals surface area contributed by atoms with Gasteiger partial charge in [0.25, 0.3) is 0 Å². The summed E-state index contributed by atoms with van der Waals surface area (Å²) < 4.78 is 12.9. The van der Waals surface area contributed by atoms with Crippen LogP contribution in [0.3, 0.4) is 0 Å². The van der Waals surface area contributed by atoms with Crippen LogP contribution in [0.4, 0.5) is 10.1 Å². The molecule has 0 fully saturated rings. The van der Waals surface area contributed by atoms with Crippen molar-refractivity contribution in [3.63, 3.8) is 0 Å². The van der Waals surface area contributed by atoms with Gasteiger partial charge in [0.2, 0.25) is 11.8 Å². The van der Waals surface area contributed by atoms with Crippen molar-refractivity contribution in [1.29, 1.82) is 0 Å². The first-order valence-corrected chi connectivity index (χ1v) is 5.94. The molecular formula is C12H15ClFN3O2. The molecule has 0 bridgehead atoms. The fourth-order valence-electron chi connectivity index (χ4n) is 1.40. The van der Waals surface area contributed by atoms with Crippen molar-refractivity contribution in [3.05, 3.63) is 29.0 Å². The van der Waals surface area contributed by atoms with Crippen LogP contribution in [-0.2, 0) is 9.59 Å². The van der Waals surface area contributed by atoms with E-state index in [1.807, 2.05) is 0 Å². The Morgan fingerprint density at radius 1 is 1.32 bits per heavy atom. The molecule has 0 aliphatic heterocycles. The normalized spacial score (nSPS) is 10.4. The van der Waals surface area contributed by atoms with Gasteiger partial charge < -0.3 is 10.6 Å². The predicted octanol–water partition coefficient (Wildman–Crippen LogP) is 1.10. The molecule has 0 heterocycles. The molecule has 0 aromatic heterocycles. The number of carbonyl (C=O) groups excluding carboxylic acids is 2. The molecule has 0 atom stereocenters. The van der Waals surface area contributed by atoms with Gasteiger partial charge in [0.15, 0.2) is 0 Å². The summed E-state index contributed by atoms with van der Waals surface area (Å²) in [6, 6.07) is 3.91. The summed E-state index contributed by atoms with van der Waals surface area (Å²) in [5.74, 6) is -1.04. The average molecular weight is 288 g/mol. The molecule has 0 saturated heterocycles. The van der Waals surface area contributed by atoms with E-state index in [2.05, 4.69) is 10.6 Å². The Bertz CT molecular complexity index is 482. The Balaban J connectivity index is 2.50. The Kier molecular flexibility index (Phi) is 5.72. The van der Waals surface area contributed by atoms with E-state index in [9.17, 15) is 14.0 Å². The number of benzene rings is 1. The van der Waals surface area contributed by atoms with E-state index in [1.165, 1.54) is 25.2 Å². The highest BCUT2D eigenvalue weighted by Gasteiger charge is 2.10. The first-order valence-electron chi connectivity index (χ1n) is 5.56. The number of amides is 2. The number of nitrogens with zero attached hydrogens (tertiary/aromatic N) is 1. The lowest BCUT2D eigenvalue weighted by molar-refractivity contribution is -0.122.